The summed E-state index contributed by atoms with van der Waals surface area (Å²) in [5, 5.41) is 0.866. The van der Waals surface area contributed by atoms with E-state index in [1.54, 1.807) is 31.0 Å². The normalized spacial score (nSPS) is 32.8. The third-order valence-electron chi connectivity index (χ3n) is 6.37. The predicted molar refractivity (Wildman–Crippen MR) is 101 cm³/mol. The van der Waals surface area contributed by atoms with Crippen LogP contribution in [0.1, 0.15) is 63.4 Å². The lowest BCUT2D eigenvalue weighted by molar-refractivity contribution is 0.216. The Morgan fingerprint density at radius 3 is 2.09 bits per heavy atom. The molecule has 0 unspecified atom stereocenters. The van der Waals surface area contributed by atoms with Crippen molar-refractivity contribution in [3.8, 4) is 0 Å². The van der Waals surface area contributed by atoms with Crippen LogP contribution >= 0.6 is 11.6 Å². The molecule has 0 spiro atoms. The molecular weight excluding hydrogens is 304 g/mol. The van der Waals surface area contributed by atoms with Gasteiger partial charge >= 0.3 is 0 Å². The fourth-order valence-electron chi connectivity index (χ4n) is 5.02. The molecule has 0 bridgehead atoms. The van der Waals surface area contributed by atoms with Crippen molar-refractivity contribution in [3.05, 3.63) is 34.9 Å². The summed E-state index contributed by atoms with van der Waals surface area (Å²) in [6, 6.07) is 13.5. The van der Waals surface area contributed by atoms with Gasteiger partial charge in [0.15, 0.2) is 0 Å². The van der Waals surface area contributed by atoms with Gasteiger partial charge in [-0.15, -0.1) is 0 Å². The Kier molecular flexibility index (Phi) is 6.04. The van der Waals surface area contributed by atoms with Crippen molar-refractivity contribution in [1.82, 2.24) is 0 Å². The summed E-state index contributed by atoms with van der Waals surface area (Å²) in [5.41, 5.74) is 1.52. The minimum Gasteiger partial charge on any atom is -0.0843 e. The fraction of sp³-hybridized carbons (Fsp3) is 0.700. The molecule has 1 heterocycles. The molecule has 3 rings (SSSR count). The number of benzene rings is 1. The van der Waals surface area contributed by atoms with Crippen LogP contribution < -0.4 is 0 Å². The first-order chi connectivity index (χ1) is 10.8. The molecule has 2 heteroatoms. The summed E-state index contributed by atoms with van der Waals surface area (Å²) in [6.07, 6.45) is 10.3. The Hall–Kier alpha value is -0.273. The first kappa shape index (κ1) is 16.6. The van der Waals surface area contributed by atoms with Gasteiger partial charge in [0.2, 0.25) is 0 Å². The lowest BCUT2D eigenvalue weighted by Crippen LogP contribution is -2.28. The van der Waals surface area contributed by atoms with E-state index in [1.807, 2.05) is 0 Å². The average Bonchev–Trinajstić information content (AvgIpc) is 2.57. The van der Waals surface area contributed by atoms with Crippen LogP contribution in [-0.2, 0) is 0 Å². The Morgan fingerprint density at radius 1 is 0.909 bits per heavy atom. The Labute approximate surface area is 143 Å². The molecule has 0 nitrogen and oxygen atoms in total. The maximum Gasteiger partial charge on any atom is 0.0406 e. The quantitative estimate of drug-likeness (QED) is 0.540. The molecule has 1 aliphatic carbocycles. The SMILES string of the molecule is CCC[SiH]1CCC(C2CCC(c3ccc(Cl)cc3)CC2)CC1. The Bertz CT molecular complexity index is 439. The molecule has 0 aromatic heterocycles. The van der Waals surface area contributed by atoms with Gasteiger partial charge < -0.3 is 0 Å². The molecule has 1 saturated heterocycles. The Morgan fingerprint density at radius 2 is 1.50 bits per heavy atom. The molecule has 22 heavy (non-hydrogen) atoms. The summed E-state index contributed by atoms with van der Waals surface area (Å²) in [6.45, 7) is 2.37. The van der Waals surface area contributed by atoms with Gasteiger partial charge in [-0.3, -0.25) is 0 Å². The van der Waals surface area contributed by atoms with E-state index in [9.17, 15) is 0 Å². The molecular formula is C20H31ClSi. The van der Waals surface area contributed by atoms with Crippen LogP contribution in [0.5, 0.6) is 0 Å². The maximum atomic E-state index is 6.01. The maximum absolute atomic E-state index is 6.01. The Balaban J connectivity index is 1.47. The lowest BCUT2D eigenvalue weighted by atomic mass is 9.72. The molecule has 0 atom stereocenters. The summed E-state index contributed by atoms with van der Waals surface area (Å²) < 4.78 is 0. The summed E-state index contributed by atoms with van der Waals surface area (Å²) in [5.74, 6) is 2.91. The second kappa shape index (κ2) is 8.01. The van der Waals surface area contributed by atoms with Crippen molar-refractivity contribution >= 4 is 20.4 Å². The molecule has 1 aromatic rings. The second-order valence-corrected chi connectivity index (χ2v) is 11.6. The smallest absolute Gasteiger partial charge is 0.0406 e. The second-order valence-electron chi connectivity index (χ2n) is 7.73. The minimum atomic E-state index is -0.298. The van der Waals surface area contributed by atoms with Crippen LogP contribution in [0, 0.1) is 11.8 Å². The third-order valence-corrected chi connectivity index (χ3v) is 10.3. The van der Waals surface area contributed by atoms with E-state index >= 15 is 0 Å². The number of halogens is 1. The topological polar surface area (TPSA) is 0 Å². The van der Waals surface area contributed by atoms with E-state index in [0.717, 1.165) is 22.8 Å². The van der Waals surface area contributed by atoms with E-state index in [4.69, 9.17) is 11.6 Å². The first-order valence-corrected chi connectivity index (χ1v) is 12.3. The molecule has 1 aromatic carbocycles. The number of rotatable bonds is 4. The zero-order valence-corrected chi connectivity index (χ0v) is 16.0. The van der Waals surface area contributed by atoms with Crippen molar-refractivity contribution in [1.29, 1.82) is 0 Å². The van der Waals surface area contributed by atoms with E-state index in [1.165, 1.54) is 37.7 Å². The van der Waals surface area contributed by atoms with Crippen LogP contribution in [0.25, 0.3) is 0 Å². The summed E-state index contributed by atoms with van der Waals surface area (Å²) >= 11 is 6.01. The molecule has 122 valence electrons. The summed E-state index contributed by atoms with van der Waals surface area (Å²) in [4.78, 5) is 0. The zero-order chi connectivity index (χ0) is 15.4. The van der Waals surface area contributed by atoms with Gasteiger partial charge in [0.05, 0.1) is 0 Å². The van der Waals surface area contributed by atoms with Crippen LogP contribution in [0.4, 0.5) is 0 Å². The van der Waals surface area contributed by atoms with Gasteiger partial charge in [-0.05, 0) is 61.1 Å². The molecule has 2 fully saturated rings. The van der Waals surface area contributed by atoms with Crippen LogP contribution in [0.2, 0.25) is 23.2 Å². The van der Waals surface area contributed by atoms with Crippen LogP contribution in [-0.4, -0.2) is 8.80 Å². The molecule has 0 radical (unpaired) electrons. The molecule has 1 aliphatic heterocycles. The van der Waals surface area contributed by atoms with Crippen LogP contribution in [0.15, 0.2) is 24.3 Å². The standard InChI is InChI=1S/C20H31ClSi/c1-2-13-22-14-11-19(12-15-22)17-5-3-16(4-6-17)18-7-9-20(21)10-8-18/h7-10,16-17,19,22H,2-6,11-15H2,1H3. The molecule has 0 N–H and O–H groups in total. The molecule has 0 amide bonds. The highest BCUT2D eigenvalue weighted by Crippen LogP contribution is 2.43. The first-order valence-electron chi connectivity index (χ1n) is 9.51. The van der Waals surface area contributed by atoms with E-state index in [0.29, 0.717) is 0 Å². The number of hydrogen-bond acceptors (Lipinski definition) is 0. The monoisotopic (exact) mass is 334 g/mol. The van der Waals surface area contributed by atoms with Gasteiger partial charge in [-0.2, -0.15) is 0 Å². The van der Waals surface area contributed by atoms with E-state index in [2.05, 4.69) is 31.2 Å². The van der Waals surface area contributed by atoms with E-state index < -0.39 is 0 Å². The predicted octanol–water partition coefficient (Wildman–Crippen LogP) is 6.66. The van der Waals surface area contributed by atoms with Crippen molar-refractivity contribution in [2.45, 2.75) is 75.9 Å². The summed E-state index contributed by atoms with van der Waals surface area (Å²) in [7, 11) is -0.298. The van der Waals surface area contributed by atoms with Gasteiger partial charge in [-0.1, -0.05) is 68.1 Å². The molecule has 2 aliphatic rings. The molecule has 1 saturated carbocycles. The van der Waals surface area contributed by atoms with Gasteiger partial charge in [0.1, 0.15) is 0 Å². The van der Waals surface area contributed by atoms with Crippen molar-refractivity contribution in [2.75, 3.05) is 0 Å². The van der Waals surface area contributed by atoms with Crippen molar-refractivity contribution in [2.24, 2.45) is 11.8 Å². The lowest BCUT2D eigenvalue weighted by Gasteiger charge is -2.37. The van der Waals surface area contributed by atoms with Gasteiger partial charge in [0, 0.05) is 13.8 Å². The van der Waals surface area contributed by atoms with E-state index in [-0.39, 0.29) is 8.80 Å². The third kappa shape index (κ3) is 4.17. The zero-order valence-electron chi connectivity index (χ0n) is 14.1. The highest BCUT2D eigenvalue weighted by molar-refractivity contribution is 6.58. The largest absolute Gasteiger partial charge is 0.0843 e. The van der Waals surface area contributed by atoms with Crippen molar-refractivity contribution < 1.29 is 0 Å². The highest BCUT2D eigenvalue weighted by Gasteiger charge is 2.31. The average molecular weight is 335 g/mol. The highest BCUT2D eigenvalue weighted by atomic mass is 35.5. The number of hydrogen-bond donors (Lipinski definition) is 0. The fourth-order valence-corrected chi connectivity index (χ4v) is 8.62. The van der Waals surface area contributed by atoms with Crippen molar-refractivity contribution in [3.63, 3.8) is 0 Å². The van der Waals surface area contributed by atoms with Gasteiger partial charge in [0.25, 0.3) is 0 Å². The van der Waals surface area contributed by atoms with Gasteiger partial charge in [-0.25, -0.2) is 0 Å². The minimum absolute atomic E-state index is 0.298. The van der Waals surface area contributed by atoms with Crippen LogP contribution in [0.3, 0.4) is 0 Å².